The molecule has 4 nitrogen and oxygen atoms in total. The van der Waals surface area contributed by atoms with Crippen LogP contribution in [-0.2, 0) is 0 Å². The van der Waals surface area contributed by atoms with Gasteiger partial charge in [-0.1, -0.05) is 0 Å². The number of rotatable bonds is 4. The van der Waals surface area contributed by atoms with E-state index in [4.69, 9.17) is 9.47 Å². The third-order valence-corrected chi connectivity index (χ3v) is 11.7. The van der Waals surface area contributed by atoms with Gasteiger partial charge in [0, 0.05) is 0 Å². The number of likely N-dealkylation sites (tertiary alicyclic amines) is 1. The molecule has 5 rings (SSSR count). The number of hydrogen-bond donors (Lipinski definition) is 0. The Hall–Kier alpha value is -1.75. The Morgan fingerprint density at radius 3 is 2.61 bits per heavy atom. The average molecular weight is 501 g/mol. The first-order chi connectivity index (χ1) is 14.9. The summed E-state index contributed by atoms with van der Waals surface area (Å²) in [7, 11) is -1.82. The van der Waals surface area contributed by atoms with Gasteiger partial charge in [-0.05, 0) is 0 Å². The van der Waals surface area contributed by atoms with E-state index < -0.39 is 8.07 Å². The predicted molar refractivity (Wildman–Crippen MR) is 128 cm³/mol. The molecule has 0 radical (unpaired) electrons. The molecule has 1 aliphatic carbocycles. The number of fused-ring (bicyclic) bond motifs is 2. The summed E-state index contributed by atoms with van der Waals surface area (Å²) in [5.41, 5.74) is 0.848. The van der Waals surface area contributed by atoms with Crippen LogP contribution in [0.1, 0.15) is 36.0 Å². The van der Waals surface area contributed by atoms with E-state index in [0.717, 1.165) is 35.2 Å². The summed E-state index contributed by atoms with van der Waals surface area (Å²) < 4.78 is 13.0. The topological polar surface area (TPSA) is 38.8 Å². The summed E-state index contributed by atoms with van der Waals surface area (Å²) in [5, 5.41) is 1.12. The zero-order valence-corrected chi connectivity index (χ0v) is 21.3. The summed E-state index contributed by atoms with van der Waals surface area (Å²) in [6, 6.07) is 15.2. The fourth-order valence-electron chi connectivity index (χ4n) is 5.54. The van der Waals surface area contributed by atoms with Gasteiger partial charge in [-0.2, -0.15) is 0 Å². The molecule has 1 saturated carbocycles. The number of carbonyl (C=O) groups excluding carboxylic acids is 1. The second-order valence-corrected chi connectivity index (χ2v) is 17.7. The van der Waals surface area contributed by atoms with Gasteiger partial charge < -0.3 is 0 Å². The second kappa shape index (κ2) is 8.31. The zero-order chi connectivity index (χ0) is 21.6. The Kier molecular flexibility index (Phi) is 5.66. The van der Waals surface area contributed by atoms with Gasteiger partial charge in [0.15, 0.2) is 0 Å². The monoisotopic (exact) mass is 501 g/mol. The zero-order valence-electron chi connectivity index (χ0n) is 18.6. The molecule has 3 aliphatic rings. The van der Waals surface area contributed by atoms with Crippen LogP contribution in [0.3, 0.4) is 0 Å². The second-order valence-electron chi connectivity index (χ2n) is 9.91. The molecule has 0 unspecified atom stereocenters. The molecule has 31 heavy (non-hydrogen) atoms. The van der Waals surface area contributed by atoms with Crippen molar-refractivity contribution < 1.29 is 14.3 Å². The molecule has 0 spiro atoms. The molecule has 2 heterocycles. The molecule has 1 saturated heterocycles. The van der Waals surface area contributed by atoms with Crippen LogP contribution in [0, 0.1) is 5.92 Å². The Morgan fingerprint density at radius 2 is 1.84 bits per heavy atom. The molecule has 0 aromatic heterocycles. The minimum absolute atomic E-state index is 0.207. The molecule has 2 aliphatic heterocycles. The number of hydrogen-bond acceptors (Lipinski definition) is 3. The van der Waals surface area contributed by atoms with Gasteiger partial charge in [0.2, 0.25) is 0 Å². The predicted octanol–water partition coefficient (Wildman–Crippen LogP) is 3.79. The van der Waals surface area contributed by atoms with Crippen molar-refractivity contribution >= 4 is 38.6 Å². The Morgan fingerprint density at radius 1 is 1.03 bits per heavy atom. The standard InChI is InChI=1S/C25H31NO3SeSi/c1-31(2,3)24-19(12-13-20-23(24)29-16-28-20)25(27)26-15-14-17-8-7-11-21(22(17)26)30-18-9-5-4-6-10-18/h4-6,9-10,12-13,17,21-22H,7-8,11,14-16H2,1-3H3/t17-,21+,22+/m1/s1. The number of ether oxygens (including phenoxy) is 2. The van der Waals surface area contributed by atoms with Gasteiger partial charge in [0.25, 0.3) is 0 Å². The minimum atomic E-state index is -1.82. The van der Waals surface area contributed by atoms with Crippen LogP contribution in [0.4, 0.5) is 0 Å². The number of benzene rings is 2. The van der Waals surface area contributed by atoms with Gasteiger partial charge >= 0.3 is 193 Å². The van der Waals surface area contributed by atoms with Crippen LogP contribution in [0.25, 0.3) is 0 Å². The molecule has 164 valence electrons. The van der Waals surface area contributed by atoms with Gasteiger partial charge in [0.05, 0.1) is 0 Å². The van der Waals surface area contributed by atoms with Crippen LogP contribution in [0.5, 0.6) is 11.5 Å². The van der Waals surface area contributed by atoms with Crippen molar-refractivity contribution in [3.05, 3.63) is 48.0 Å². The van der Waals surface area contributed by atoms with Gasteiger partial charge in [-0.15, -0.1) is 0 Å². The maximum atomic E-state index is 14.0. The fraction of sp³-hybridized carbons (Fsp3) is 0.480. The van der Waals surface area contributed by atoms with E-state index in [0.29, 0.717) is 31.7 Å². The third-order valence-electron chi connectivity index (χ3n) is 6.84. The third kappa shape index (κ3) is 3.94. The van der Waals surface area contributed by atoms with Crippen molar-refractivity contribution in [2.45, 2.75) is 56.2 Å². The Balaban J connectivity index is 1.48. The fourth-order valence-corrected chi connectivity index (χ4v) is 10.5. The van der Waals surface area contributed by atoms with Crippen LogP contribution >= 0.6 is 0 Å². The molecule has 6 heteroatoms. The summed E-state index contributed by atoms with van der Waals surface area (Å²) in [6.07, 6.45) is 4.94. The SMILES string of the molecule is C[Si](C)(C)c1c(C(=O)N2CC[C@H]3CCC[C@H]([Se]c4ccccc4)[C@H]32)ccc2c1OCO2. The van der Waals surface area contributed by atoms with E-state index in [2.05, 4.69) is 54.9 Å². The molecule has 2 aromatic rings. The summed E-state index contributed by atoms with van der Waals surface area (Å²) in [6.45, 7) is 8.00. The molecule has 1 amide bonds. The van der Waals surface area contributed by atoms with Crippen LogP contribution in [0.2, 0.25) is 24.5 Å². The van der Waals surface area contributed by atoms with Crippen molar-refractivity contribution in [1.29, 1.82) is 0 Å². The van der Waals surface area contributed by atoms with Gasteiger partial charge in [0.1, 0.15) is 0 Å². The maximum absolute atomic E-state index is 14.0. The van der Waals surface area contributed by atoms with Crippen LogP contribution < -0.4 is 19.1 Å². The van der Waals surface area contributed by atoms with Crippen molar-refractivity contribution in [1.82, 2.24) is 4.90 Å². The van der Waals surface area contributed by atoms with E-state index >= 15 is 0 Å². The number of nitrogens with zero attached hydrogens (tertiary/aromatic N) is 1. The van der Waals surface area contributed by atoms with Crippen molar-refractivity contribution in [3.63, 3.8) is 0 Å². The molecule has 3 atom stereocenters. The summed E-state index contributed by atoms with van der Waals surface area (Å²) in [5.74, 6) is 2.46. The summed E-state index contributed by atoms with van der Waals surface area (Å²) >= 11 is 0.393. The quantitative estimate of drug-likeness (QED) is 0.600. The Labute approximate surface area is 192 Å². The van der Waals surface area contributed by atoms with Crippen LogP contribution in [0.15, 0.2) is 42.5 Å². The molecular weight excluding hydrogens is 469 g/mol. The van der Waals surface area contributed by atoms with Crippen molar-refractivity contribution in [2.75, 3.05) is 13.3 Å². The molecule has 2 fully saturated rings. The normalized spacial score (nSPS) is 24.9. The first kappa shape index (κ1) is 21.1. The van der Waals surface area contributed by atoms with Gasteiger partial charge in [-0.3, -0.25) is 0 Å². The Bertz CT molecular complexity index is 975. The van der Waals surface area contributed by atoms with E-state index in [1.54, 1.807) is 0 Å². The molecule has 0 bridgehead atoms. The molecular formula is C25H31NO3SeSi. The van der Waals surface area contributed by atoms with Crippen LogP contribution in [-0.4, -0.2) is 53.2 Å². The summed E-state index contributed by atoms with van der Waals surface area (Å²) in [4.78, 5) is 16.9. The first-order valence-electron chi connectivity index (χ1n) is 11.4. The van der Waals surface area contributed by atoms with Crippen molar-refractivity contribution in [3.8, 4) is 11.5 Å². The van der Waals surface area contributed by atoms with E-state index in [1.165, 1.54) is 23.7 Å². The first-order valence-corrected chi connectivity index (χ1v) is 16.7. The van der Waals surface area contributed by atoms with Gasteiger partial charge in [-0.25, -0.2) is 0 Å². The molecule has 0 N–H and O–H groups in total. The van der Waals surface area contributed by atoms with Crippen molar-refractivity contribution in [2.24, 2.45) is 5.92 Å². The average Bonchev–Trinajstić information content (AvgIpc) is 3.40. The number of amides is 1. The van der Waals surface area contributed by atoms with E-state index in [-0.39, 0.29) is 12.7 Å². The van der Waals surface area contributed by atoms with E-state index in [9.17, 15) is 4.79 Å². The van der Waals surface area contributed by atoms with E-state index in [1.807, 2.05) is 12.1 Å². The molecule has 2 aromatic carbocycles. The number of carbonyl (C=O) groups is 1.